The number of rotatable bonds is 1. The molecule has 84 valence electrons. The molecule has 1 heterocycles. The van der Waals surface area contributed by atoms with Crippen LogP contribution in [0.25, 0.3) is 21.3 Å². The van der Waals surface area contributed by atoms with E-state index in [1.165, 1.54) is 6.07 Å². The smallest absolute Gasteiger partial charge is 0.259 e. The first kappa shape index (κ1) is 11.2. The predicted octanol–water partition coefficient (Wildman–Crippen LogP) is 2.48. The third-order valence-corrected chi connectivity index (χ3v) is 2.54. The summed E-state index contributed by atoms with van der Waals surface area (Å²) in [5.74, 6) is 0. The fourth-order valence-corrected chi connectivity index (χ4v) is 1.66. The summed E-state index contributed by atoms with van der Waals surface area (Å²) in [5.41, 5.74) is 6.98. The summed E-state index contributed by atoms with van der Waals surface area (Å²) in [5, 5.41) is 3.01. The van der Waals surface area contributed by atoms with E-state index in [1.54, 1.807) is 18.2 Å². The number of halogens is 1. The molecule has 1 aromatic heterocycles. The van der Waals surface area contributed by atoms with E-state index in [-0.39, 0.29) is 10.4 Å². The second-order valence-corrected chi connectivity index (χ2v) is 3.56. The Labute approximate surface area is 99.1 Å². The van der Waals surface area contributed by atoms with Crippen LogP contribution in [0.3, 0.4) is 0 Å². The van der Waals surface area contributed by atoms with Crippen LogP contribution in [-0.4, -0.2) is 4.98 Å². The van der Waals surface area contributed by atoms with Crippen molar-refractivity contribution in [1.29, 1.82) is 0 Å². The quantitative estimate of drug-likeness (QED) is 0.476. The summed E-state index contributed by atoms with van der Waals surface area (Å²) < 4.78 is 0. The summed E-state index contributed by atoms with van der Waals surface area (Å²) in [6, 6.07) is 6.40. The highest BCUT2D eigenvalue weighted by Crippen LogP contribution is 2.17. The van der Waals surface area contributed by atoms with Crippen LogP contribution in [0.5, 0.6) is 0 Å². The predicted molar refractivity (Wildman–Crippen MR) is 64.7 cm³/mol. The molecular weight excluding hydrogens is 244 g/mol. The molecule has 0 unspecified atom stereocenters. The fraction of sp³-hybridized carbons (Fsp3) is 0. The molecule has 0 amide bonds. The number of H-pyrrole nitrogens is 1. The first-order valence-corrected chi connectivity index (χ1v) is 4.93. The molecule has 1 aromatic carbocycles. The zero-order valence-electron chi connectivity index (χ0n) is 8.35. The highest BCUT2D eigenvalue weighted by atomic mass is 35.5. The highest BCUT2D eigenvalue weighted by molar-refractivity contribution is 6.33. The molecule has 0 aliphatic rings. The Morgan fingerprint density at radius 3 is 2.71 bits per heavy atom. The van der Waals surface area contributed by atoms with E-state index >= 15 is 0 Å². The number of hydrogen-bond acceptors (Lipinski definition) is 3. The summed E-state index contributed by atoms with van der Waals surface area (Å²) in [6.45, 7) is 0. The molecule has 0 aliphatic carbocycles. The van der Waals surface area contributed by atoms with E-state index in [0.717, 1.165) is 0 Å². The van der Waals surface area contributed by atoms with Gasteiger partial charge in [0.25, 0.3) is 5.56 Å². The van der Waals surface area contributed by atoms with Gasteiger partial charge >= 0.3 is 0 Å². The maximum atomic E-state index is 11.9. The molecule has 2 aromatic rings. The molecule has 0 saturated heterocycles. The van der Waals surface area contributed by atoms with Gasteiger partial charge < -0.3 is 4.98 Å². The monoisotopic (exact) mass is 248 g/mol. The van der Waals surface area contributed by atoms with Crippen LogP contribution in [0, 0.1) is 0 Å². The molecule has 7 heteroatoms. The molecule has 1 N–H and O–H groups in total. The number of nitrogens with zero attached hydrogens (tertiary/aromatic N) is 3. The Morgan fingerprint density at radius 2 is 2.00 bits per heavy atom. The van der Waals surface area contributed by atoms with Crippen molar-refractivity contribution in [2.75, 3.05) is 0 Å². The van der Waals surface area contributed by atoms with Crippen LogP contribution in [-0.2, 0) is 0 Å². The zero-order valence-corrected chi connectivity index (χ0v) is 9.10. The maximum Gasteiger partial charge on any atom is 0.259 e. The summed E-state index contributed by atoms with van der Waals surface area (Å²) in [7, 11) is 0. The van der Waals surface area contributed by atoms with Gasteiger partial charge in [-0.15, -0.1) is 0 Å². The van der Waals surface area contributed by atoms with Gasteiger partial charge in [-0.25, -0.2) is 0 Å². The first-order chi connectivity index (χ1) is 8.15. The Balaban J connectivity index is 3.15. The standard InChI is InChI=1S/C10H5ClN4O2/c11-7-8(14-15-12)10(17)13-6-4-2-1-3-5(6)9(7)16/h1-4H,(H,13,17). The van der Waals surface area contributed by atoms with E-state index in [0.29, 0.717) is 5.52 Å². The first-order valence-electron chi connectivity index (χ1n) is 4.55. The van der Waals surface area contributed by atoms with Crippen LogP contribution in [0.1, 0.15) is 0 Å². The van der Waals surface area contributed by atoms with Crippen LogP contribution in [0.4, 0.5) is 5.69 Å². The Kier molecular flexibility index (Phi) is 2.82. The van der Waals surface area contributed by atoms with Crippen molar-refractivity contribution >= 4 is 28.2 Å². The minimum absolute atomic E-state index is 0.258. The van der Waals surface area contributed by atoms with Crippen molar-refractivity contribution in [3.8, 4) is 0 Å². The lowest BCUT2D eigenvalue weighted by molar-refractivity contribution is 1.29. The van der Waals surface area contributed by atoms with Crippen LogP contribution >= 0.6 is 11.6 Å². The fourth-order valence-electron chi connectivity index (χ4n) is 1.43. The molecule has 0 saturated carbocycles. The number of fused-ring (bicyclic) bond motifs is 1. The molecule has 0 fully saturated rings. The molecule has 6 nitrogen and oxygen atoms in total. The van der Waals surface area contributed by atoms with Crippen molar-refractivity contribution in [2.45, 2.75) is 0 Å². The SMILES string of the molecule is [N-]=[N+]=Nc1c(Cl)c(=O)c2ccccc2[nH]c1=O. The van der Waals surface area contributed by atoms with Gasteiger partial charge in [0.05, 0.1) is 5.52 Å². The number of aromatic amines is 1. The maximum absolute atomic E-state index is 11.9. The second-order valence-electron chi connectivity index (χ2n) is 3.18. The topological polar surface area (TPSA) is 98.7 Å². The van der Waals surface area contributed by atoms with Gasteiger partial charge in [-0.3, -0.25) is 9.59 Å². The van der Waals surface area contributed by atoms with Crippen molar-refractivity contribution in [1.82, 2.24) is 4.98 Å². The van der Waals surface area contributed by atoms with E-state index in [2.05, 4.69) is 15.0 Å². The van der Waals surface area contributed by atoms with Crippen molar-refractivity contribution in [3.63, 3.8) is 0 Å². The van der Waals surface area contributed by atoms with E-state index < -0.39 is 16.7 Å². The lowest BCUT2D eigenvalue weighted by Crippen LogP contribution is -2.02. The Bertz CT molecular complexity index is 762. The van der Waals surface area contributed by atoms with E-state index in [9.17, 15) is 9.59 Å². The van der Waals surface area contributed by atoms with Gasteiger partial charge in [0, 0.05) is 10.3 Å². The normalized spacial score (nSPS) is 9.94. The minimum Gasteiger partial charge on any atom is -0.321 e. The molecule has 0 radical (unpaired) electrons. The van der Waals surface area contributed by atoms with Crippen LogP contribution in [0.2, 0.25) is 5.02 Å². The lowest BCUT2D eigenvalue weighted by atomic mass is 10.2. The molecule has 17 heavy (non-hydrogen) atoms. The minimum atomic E-state index is -0.703. The van der Waals surface area contributed by atoms with Crippen molar-refractivity contribution in [2.24, 2.45) is 5.11 Å². The third-order valence-electron chi connectivity index (χ3n) is 2.19. The molecular formula is C10H5ClN4O2. The van der Waals surface area contributed by atoms with Crippen LogP contribution in [0.15, 0.2) is 39.0 Å². The van der Waals surface area contributed by atoms with E-state index in [4.69, 9.17) is 17.1 Å². The number of hydrogen-bond donors (Lipinski definition) is 1. The Morgan fingerprint density at radius 1 is 1.29 bits per heavy atom. The summed E-state index contributed by atoms with van der Waals surface area (Å²) in [6.07, 6.45) is 0. The molecule has 2 rings (SSSR count). The highest BCUT2D eigenvalue weighted by Gasteiger charge is 2.09. The molecule has 0 spiro atoms. The van der Waals surface area contributed by atoms with Gasteiger partial charge in [-0.05, 0) is 17.7 Å². The van der Waals surface area contributed by atoms with Crippen molar-refractivity contribution < 1.29 is 0 Å². The van der Waals surface area contributed by atoms with Crippen molar-refractivity contribution in [3.05, 3.63) is 60.3 Å². The number of para-hydroxylation sites is 1. The number of benzene rings is 1. The molecule has 0 aliphatic heterocycles. The molecule has 0 bridgehead atoms. The summed E-state index contributed by atoms with van der Waals surface area (Å²) in [4.78, 5) is 28.5. The average Bonchev–Trinajstić information content (AvgIpc) is 2.42. The Hall–Kier alpha value is -2.30. The van der Waals surface area contributed by atoms with Gasteiger partial charge in [-0.2, -0.15) is 0 Å². The number of aromatic nitrogens is 1. The second kappa shape index (κ2) is 4.29. The van der Waals surface area contributed by atoms with Crippen LogP contribution < -0.4 is 11.0 Å². The largest absolute Gasteiger partial charge is 0.321 e. The van der Waals surface area contributed by atoms with Gasteiger partial charge in [0.15, 0.2) is 0 Å². The number of azide groups is 1. The lowest BCUT2D eigenvalue weighted by Gasteiger charge is -1.88. The summed E-state index contributed by atoms with van der Waals surface area (Å²) >= 11 is 5.74. The van der Waals surface area contributed by atoms with E-state index in [1.807, 2.05) is 0 Å². The third kappa shape index (κ3) is 1.87. The average molecular weight is 249 g/mol. The van der Waals surface area contributed by atoms with Gasteiger partial charge in [0.1, 0.15) is 10.7 Å². The number of nitrogens with one attached hydrogen (secondary N) is 1. The zero-order chi connectivity index (χ0) is 12.4. The molecule has 0 atom stereocenters. The van der Waals surface area contributed by atoms with Gasteiger partial charge in [-0.1, -0.05) is 28.8 Å². The van der Waals surface area contributed by atoms with Gasteiger partial charge in [0.2, 0.25) is 5.43 Å².